The number of nitrogens with one attached hydrogen (secondary N) is 1. The molecule has 0 radical (unpaired) electrons. The number of halogens is 1. The molecular formula is C22H21ClN4O2. The Morgan fingerprint density at radius 2 is 1.97 bits per heavy atom. The maximum absolute atomic E-state index is 12.7. The largest absolute Gasteiger partial charge is 0.331 e. The Balaban J connectivity index is 1.46. The molecule has 148 valence electrons. The van der Waals surface area contributed by atoms with Gasteiger partial charge in [0, 0.05) is 30.5 Å². The summed E-state index contributed by atoms with van der Waals surface area (Å²) in [6.07, 6.45) is 5.19. The quantitative estimate of drug-likeness (QED) is 0.654. The fourth-order valence-corrected chi connectivity index (χ4v) is 3.71. The molecular weight excluding hydrogens is 388 g/mol. The van der Waals surface area contributed by atoms with Gasteiger partial charge in [-0.05, 0) is 42.2 Å². The smallest absolute Gasteiger partial charge is 0.256 e. The van der Waals surface area contributed by atoms with Gasteiger partial charge in [-0.1, -0.05) is 30.3 Å². The van der Waals surface area contributed by atoms with Gasteiger partial charge < -0.3 is 14.8 Å². The molecule has 0 bridgehead atoms. The standard InChI is InChI=1S/C22H21ClN4O2/c23-12-21(28)27-10-4-7-17-11-18(8-9-19(17)27)22(29)25-20-14-26(15-24-20)13-16-5-2-1-3-6-16/h1-3,5-6,8-9,11,14-15H,4,7,10,12-13H2,(H,25,29). The van der Waals surface area contributed by atoms with Gasteiger partial charge in [-0.15, -0.1) is 11.6 Å². The summed E-state index contributed by atoms with van der Waals surface area (Å²) >= 11 is 5.71. The van der Waals surface area contributed by atoms with Crippen molar-refractivity contribution in [1.29, 1.82) is 0 Å². The number of nitrogens with zero attached hydrogens (tertiary/aromatic N) is 3. The van der Waals surface area contributed by atoms with Crippen LogP contribution in [-0.4, -0.2) is 33.8 Å². The van der Waals surface area contributed by atoms with Crippen LogP contribution in [0.3, 0.4) is 0 Å². The van der Waals surface area contributed by atoms with Gasteiger partial charge in [0.1, 0.15) is 5.88 Å². The highest BCUT2D eigenvalue weighted by Crippen LogP contribution is 2.28. The van der Waals surface area contributed by atoms with Crippen LogP contribution in [0.5, 0.6) is 0 Å². The van der Waals surface area contributed by atoms with Gasteiger partial charge in [0.2, 0.25) is 5.91 Å². The van der Waals surface area contributed by atoms with E-state index in [9.17, 15) is 9.59 Å². The molecule has 0 spiro atoms. The summed E-state index contributed by atoms with van der Waals surface area (Å²) in [5, 5.41) is 2.84. The zero-order valence-electron chi connectivity index (χ0n) is 15.8. The molecule has 1 N–H and O–H groups in total. The van der Waals surface area contributed by atoms with Crippen LogP contribution in [0.2, 0.25) is 0 Å². The van der Waals surface area contributed by atoms with Crippen molar-refractivity contribution >= 4 is 34.9 Å². The molecule has 6 nitrogen and oxygen atoms in total. The molecule has 7 heteroatoms. The third-order valence-electron chi connectivity index (χ3n) is 4.96. The Labute approximate surface area is 174 Å². The van der Waals surface area contributed by atoms with Crippen molar-refractivity contribution in [3.63, 3.8) is 0 Å². The first kappa shape index (κ1) is 19.2. The van der Waals surface area contributed by atoms with Gasteiger partial charge >= 0.3 is 0 Å². The number of anilines is 2. The van der Waals surface area contributed by atoms with Crippen LogP contribution in [0, 0.1) is 0 Å². The molecule has 1 aliphatic heterocycles. The van der Waals surface area contributed by atoms with Gasteiger partial charge in [-0.2, -0.15) is 0 Å². The lowest BCUT2D eigenvalue weighted by atomic mass is 9.99. The average Bonchev–Trinajstić information content (AvgIpc) is 3.19. The summed E-state index contributed by atoms with van der Waals surface area (Å²) in [6, 6.07) is 15.5. The number of amides is 2. The second-order valence-electron chi connectivity index (χ2n) is 7.00. The van der Waals surface area contributed by atoms with Crippen LogP contribution < -0.4 is 10.2 Å². The Morgan fingerprint density at radius 1 is 1.14 bits per heavy atom. The normalized spacial score (nSPS) is 13.1. The van der Waals surface area contributed by atoms with E-state index in [1.54, 1.807) is 17.3 Å². The highest BCUT2D eigenvalue weighted by atomic mass is 35.5. The molecule has 4 rings (SSSR count). The highest BCUT2D eigenvalue weighted by molar-refractivity contribution is 6.29. The number of benzene rings is 2. The summed E-state index contributed by atoms with van der Waals surface area (Å²) in [5.41, 5.74) is 3.53. The first-order valence-electron chi connectivity index (χ1n) is 9.50. The minimum Gasteiger partial charge on any atom is -0.331 e. The fourth-order valence-electron chi connectivity index (χ4n) is 3.56. The van der Waals surface area contributed by atoms with Gasteiger partial charge in [0.25, 0.3) is 5.91 Å². The molecule has 2 aromatic carbocycles. The number of hydrogen-bond acceptors (Lipinski definition) is 3. The van der Waals surface area contributed by atoms with Crippen molar-refractivity contribution in [3.05, 3.63) is 77.7 Å². The van der Waals surface area contributed by atoms with Crippen LogP contribution in [-0.2, 0) is 17.8 Å². The van der Waals surface area contributed by atoms with Crippen LogP contribution in [0.4, 0.5) is 11.5 Å². The fraction of sp³-hybridized carbons (Fsp3) is 0.227. The summed E-state index contributed by atoms with van der Waals surface area (Å²) < 4.78 is 1.92. The number of aryl methyl sites for hydroxylation is 1. The third kappa shape index (κ3) is 4.32. The van der Waals surface area contributed by atoms with E-state index in [0.717, 1.165) is 29.7 Å². The van der Waals surface area contributed by atoms with Crippen molar-refractivity contribution in [1.82, 2.24) is 9.55 Å². The monoisotopic (exact) mass is 408 g/mol. The third-order valence-corrected chi connectivity index (χ3v) is 5.19. The van der Waals surface area contributed by atoms with Crippen LogP contribution in [0.1, 0.15) is 27.9 Å². The number of fused-ring (bicyclic) bond motifs is 1. The second kappa shape index (κ2) is 8.49. The number of carbonyl (C=O) groups excluding carboxylic acids is 2. The van der Waals surface area contributed by atoms with E-state index in [2.05, 4.69) is 10.3 Å². The number of alkyl halides is 1. The Bertz CT molecular complexity index is 1030. The van der Waals surface area contributed by atoms with E-state index in [4.69, 9.17) is 11.6 Å². The van der Waals surface area contributed by atoms with E-state index >= 15 is 0 Å². The summed E-state index contributed by atoms with van der Waals surface area (Å²) in [7, 11) is 0. The number of aromatic nitrogens is 2. The molecule has 0 atom stereocenters. The molecule has 0 saturated carbocycles. The SMILES string of the molecule is O=C(Nc1cn(Cc2ccccc2)cn1)c1ccc2c(c1)CCCN2C(=O)CCl. The Hall–Kier alpha value is -3.12. The van der Waals surface area contributed by atoms with Crippen molar-refractivity contribution in [2.75, 3.05) is 22.6 Å². The highest BCUT2D eigenvalue weighted by Gasteiger charge is 2.23. The topological polar surface area (TPSA) is 67.2 Å². The van der Waals surface area contributed by atoms with Gasteiger partial charge in [-0.25, -0.2) is 4.98 Å². The Kier molecular flexibility index (Phi) is 5.62. The molecule has 0 unspecified atom stereocenters. The average molecular weight is 409 g/mol. The lowest BCUT2D eigenvalue weighted by Gasteiger charge is -2.29. The lowest BCUT2D eigenvalue weighted by Crippen LogP contribution is -2.36. The van der Waals surface area contributed by atoms with Crippen LogP contribution in [0.25, 0.3) is 0 Å². The summed E-state index contributed by atoms with van der Waals surface area (Å²) in [6.45, 7) is 1.34. The van der Waals surface area contributed by atoms with Crippen LogP contribution >= 0.6 is 11.6 Å². The predicted molar refractivity (Wildman–Crippen MR) is 114 cm³/mol. The van der Waals surface area contributed by atoms with E-state index in [-0.39, 0.29) is 17.7 Å². The molecule has 29 heavy (non-hydrogen) atoms. The maximum Gasteiger partial charge on any atom is 0.256 e. The van der Waals surface area contributed by atoms with Crippen molar-refractivity contribution < 1.29 is 9.59 Å². The van der Waals surface area contributed by atoms with Gasteiger partial charge in [0.15, 0.2) is 5.82 Å². The molecule has 1 aromatic heterocycles. The van der Waals surface area contributed by atoms with E-state index in [1.165, 1.54) is 0 Å². The first-order chi connectivity index (χ1) is 14.1. The van der Waals surface area contributed by atoms with Crippen molar-refractivity contribution in [2.24, 2.45) is 0 Å². The lowest BCUT2D eigenvalue weighted by molar-refractivity contribution is -0.116. The summed E-state index contributed by atoms with van der Waals surface area (Å²) in [5.74, 6) is 0.114. The predicted octanol–water partition coefficient (Wildman–Crippen LogP) is 3.70. The van der Waals surface area contributed by atoms with Gasteiger partial charge in [-0.3, -0.25) is 9.59 Å². The van der Waals surface area contributed by atoms with Crippen molar-refractivity contribution in [2.45, 2.75) is 19.4 Å². The molecule has 0 aliphatic carbocycles. The maximum atomic E-state index is 12.7. The molecule has 0 fully saturated rings. The van der Waals surface area contributed by atoms with Crippen LogP contribution in [0.15, 0.2) is 61.1 Å². The number of carbonyl (C=O) groups is 2. The molecule has 1 aliphatic rings. The number of imidazole rings is 1. The molecule has 2 amide bonds. The van der Waals surface area contributed by atoms with Crippen molar-refractivity contribution in [3.8, 4) is 0 Å². The first-order valence-corrected chi connectivity index (χ1v) is 10.0. The zero-order valence-corrected chi connectivity index (χ0v) is 16.6. The molecule has 3 aromatic rings. The molecule has 0 saturated heterocycles. The molecule has 2 heterocycles. The zero-order chi connectivity index (χ0) is 20.2. The second-order valence-corrected chi connectivity index (χ2v) is 7.26. The van der Waals surface area contributed by atoms with E-state index < -0.39 is 0 Å². The van der Waals surface area contributed by atoms with Gasteiger partial charge in [0.05, 0.1) is 6.33 Å². The minimum absolute atomic E-state index is 0.0483. The minimum atomic E-state index is -0.224. The van der Waals surface area contributed by atoms with E-state index in [1.807, 2.05) is 53.2 Å². The van der Waals surface area contributed by atoms with E-state index in [0.29, 0.717) is 24.5 Å². The Morgan fingerprint density at radius 3 is 2.76 bits per heavy atom. The summed E-state index contributed by atoms with van der Waals surface area (Å²) in [4.78, 5) is 30.7. The number of hydrogen-bond donors (Lipinski definition) is 1. The number of rotatable bonds is 5.